The number of ether oxygens (including phenoxy) is 3. The summed E-state index contributed by atoms with van der Waals surface area (Å²) in [6, 6.07) is 6.13. The van der Waals surface area contributed by atoms with Crippen molar-refractivity contribution in [1.29, 1.82) is 0 Å². The van der Waals surface area contributed by atoms with Gasteiger partial charge >= 0.3 is 0 Å². The van der Waals surface area contributed by atoms with E-state index in [1.165, 1.54) is 23.5 Å². The summed E-state index contributed by atoms with van der Waals surface area (Å²) in [6.07, 6.45) is 2.13. The summed E-state index contributed by atoms with van der Waals surface area (Å²) >= 11 is 2.05. The van der Waals surface area contributed by atoms with Crippen molar-refractivity contribution in [2.45, 2.75) is 18.4 Å². The third-order valence-electron chi connectivity index (χ3n) is 5.72. The van der Waals surface area contributed by atoms with Crippen molar-refractivity contribution in [2.75, 3.05) is 64.7 Å². The normalized spacial score (nSPS) is 25.1. The van der Waals surface area contributed by atoms with Crippen LogP contribution in [-0.4, -0.2) is 81.1 Å². The first-order valence-electron chi connectivity index (χ1n) is 10.0. The molecule has 1 atom stereocenters. The Balaban J connectivity index is 1.27. The number of thioether (sulfide) groups is 1. The molecular weight excluding hydrogens is 376 g/mol. The summed E-state index contributed by atoms with van der Waals surface area (Å²) < 4.78 is 16.4. The third-order valence-corrected chi connectivity index (χ3v) is 6.95. The molecule has 1 aromatic rings. The van der Waals surface area contributed by atoms with E-state index in [9.17, 15) is 0 Å². The number of guanidine groups is 1. The minimum absolute atomic E-state index is 0.212. The van der Waals surface area contributed by atoms with Crippen LogP contribution < -0.4 is 20.1 Å². The number of nitrogens with zero attached hydrogens (tertiary/aromatic N) is 2. The molecule has 0 amide bonds. The summed E-state index contributed by atoms with van der Waals surface area (Å²) in [5, 5.41) is 7.02. The van der Waals surface area contributed by atoms with Crippen LogP contribution in [0.1, 0.15) is 12.0 Å². The molecule has 0 aromatic heterocycles. The molecule has 8 heteroatoms. The molecule has 0 radical (unpaired) electrons. The van der Waals surface area contributed by atoms with E-state index in [-0.39, 0.29) is 5.54 Å². The standard InChI is InChI=1S/C20H30N4O3S/c1-21-19(22-6-4-16-2-3-17-18(12-16)27-15-26-17)23-13-20(5-11-28-14-20)24-7-9-25-10-8-24/h2-3,12H,4-11,13-15H2,1H3,(H2,21,22,23). The van der Waals surface area contributed by atoms with Gasteiger partial charge < -0.3 is 24.8 Å². The van der Waals surface area contributed by atoms with Crippen LogP contribution in [0.4, 0.5) is 0 Å². The van der Waals surface area contributed by atoms with E-state index in [1.807, 2.05) is 13.1 Å². The van der Waals surface area contributed by atoms with Crippen molar-refractivity contribution in [2.24, 2.45) is 4.99 Å². The lowest BCUT2D eigenvalue weighted by Gasteiger charge is -2.43. The van der Waals surface area contributed by atoms with Crippen LogP contribution in [0.25, 0.3) is 0 Å². The van der Waals surface area contributed by atoms with E-state index in [0.29, 0.717) is 6.79 Å². The Labute approximate surface area is 171 Å². The van der Waals surface area contributed by atoms with E-state index in [4.69, 9.17) is 14.2 Å². The van der Waals surface area contributed by atoms with Crippen molar-refractivity contribution in [3.63, 3.8) is 0 Å². The zero-order valence-corrected chi connectivity index (χ0v) is 17.4. The number of benzene rings is 1. The SMILES string of the molecule is CN=C(NCCc1ccc2c(c1)OCO2)NCC1(N2CCOCC2)CCSC1. The fraction of sp³-hybridized carbons (Fsp3) is 0.650. The summed E-state index contributed by atoms with van der Waals surface area (Å²) in [7, 11) is 1.83. The van der Waals surface area contributed by atoms with Crippen LogP contribution in [0.5, 0.6) is 11.5 Å². The van der Waals surface area contributed by atoms with Gasteiger partial charge in [0.25, 0.3) is 0 Å². The molecule has 0 bridgehead atoms. The molecule has 1 aromatic carbocycles. The van der Waals surface area contributed by atoms with Crippen molar-refractivity contribution >= 4 is 17.7 Å². The van der Waals surface area contributed by atoms with Gasteiger partial charge in [0, 0.05) is 44.5 Å². The summed E-state index contributed by atoms with van der Waals surface area (Å²) in [5.74, 6) is 4.94. The van der Waals surface area contributed by atoms with Gasteiger partial charge in [-0.05, 0) is 36.3 Å². The van der Waals surface area contributed by atoms with E-state index in [2.05, 4.69) is 44.4 Å². The van der Waals surface area contributed by atoms with Gasteiger partial charge in [0.05, 0.1) is 13.2 Å². The smallest absolute Gasteiger partial charge is 0.231 e. The highest BCUT2D eigenvalue weighted by atomic mass is 32.2. The van der Waals surface area contributed by atoms with Gasteiger partial charge in [-0.25, -0.2) is 0 Å². The number of morpholine rings is 1. The minimum Gasteiger partial charge on any atom is -0.454 e. The van der Waals surface area contributed by atoms with Crippen LogP contribution in [-0.2, 0) is 11.2 Å². The zero-order chi connectivity index (χ0) is 19.2. The topological polar surface area (TPSA) is 67.4 Å². The number of fused-ring (bicyclic) bond motifs is 1. The third kappa shape index (κ3) is 4.50. The lowest BCUT2D eigenvalue weighted by molar-refractivity contribution is -0.0120. The van der Waals surface area contributed by atoms with Crippen LogP contribution in [0.15, 0.2) is 23.2 Å². The van der Waals surface area contributed by atoms with E-state index >= 15 is 0 Å². The highest BCUT2D eigenvalue weighted by Gasteiger charge is 2.40. The number of aliphatic imine (C=N–C) groups is 1. The van der Waals surface area contributed by atoms with Crippen molar-refractivity contribution < 1.29 is 14.2 Å². The quantitative estimate of drug-likeness (QED) is 0.546. The van der Waals surface area contributed by atoms with Gasteiger partial charge in [0.2, 0.25) is 6.79 Å². The van der Waals surface area contributed by atoms with Gasteiger partial charge in [0.15, 0.2) is 17.5 Å². The molecule has 2 saturated heterocycles. The highest BCUT2D eigenvalue weighted by molar-refractivity contribution is 7.99. The van der Waals surface area contributed by atoms with Crippen LogP contribution in [0.3, 0.4) is 0 Å². The summed E-state index contributed by atoms with van der Waals surface area (Å²) in [5.41, 5.74) is 1.44. The average Bonchev–Trinajstić information content (AvgIpc) is 3.41. The van der Waals surface area contributed by atoms with Gasteiger partial charge in [0.1, 0.15) is 0 Å². The van der Waals surface area contributed by atoms with E-state index < -0.39 is 0 Å². The molecule has 1 unspecified atom stereocenters. The highest BCUT2D eigenvalue weighted by Crippen LogP contribution is 2.34. The predicted molar refractivity (Wildman–Crippen MR) is 113 cm³/mol. The van der Waals surface area contributed by atoms with Crippen molar-refractivity contribution in [1.82, 2.24) is 15.5 Å². The monoisotopic (exact) mass is 406 g/mol. The van der Waals surface area contributed by atoms with E-state index in [0.717, 1.165) is 63.3 Å². The van der Waals surface area contributed by atoms with Crippen LogP contribution >= 0.6 is 11.8 Å². The lowest BCUT2D eigenvalue weighted by Crippen LogP contribution is -2.60. The Morgan fingerprint density at radius 1 is 1.21 bits per heavy atom. The molecule has 2 N–H and O–H groups in total. The maximum Gasteiger partial charge on any atom is 0.231 e. The molecule has 3 heterocycles. The summed E-state index contributed by atoms with van der Waals surface area (Å²) in [4.78, 5) is 7.03. The fourth-order valence-electron chi connectivity index (χ4n) is 4.03. The molecule has 0 aliphatic carbocycles. The van der Waals surface area contributed by atoms with Crippen molar-refractivity contribution in [3.05, 3.63) is 23.8 Å². The number of rotatable bonds is 6. The first kappa shape index (κ1) is 19.7. The number of nitrogens with one attached hydrogen (secondary N) is 2. The van der Waals surface area contributed by atoms with E-state index in [1.54, 1.807) is 0 Å². The minimum atomic E-state index is 0.212. The van der Waals surface area contributed by atoms with Crippen LogP contribution in [0, 0.1) is 0 Å². The molecule has 4 rings (SSSR count). The largest absolute Gasteiger partial charge is 0.454 e. The molecule has 0 saturated carbocycles. The molecule has 7 nitrogen and oxygen atoms in total. The van der Waals surface area contributed by atoms with Crippen LogP contribution in [0.2, 0.25) is 0 Å². The molecular formula is C20H30N4O3S. The Kier molecular flexibility index (Phi) is 6.49. The number of hydrogen-bond donors (Lipinski definition) is 2. The second-order valence-electron chi connectivity index (χ2n) is 7.42. The Hall–Kier alpha value is -1.64. The zero-order valence-electron chi connectivity index (χ0n) is 16.5. The Morgan fingerprint density at radius 2 is 2.07 bits per heavy atom. The van der Waals surface area contributed by atoms with Gasteiger partial charge in [-0.1, -0.05) is 6.07 Å². The molecule has 3 aliphatic rings. The second kappa shape index (κ2) is 9.24. The summed E-state index contributed by atoms with van der Waals surface area (Å²) in [6.45, 7) is 5.79. The number of hydrogen-bond acceptors (Lipinski definition) is 6. The maximum absolute atomic E-state index is 5.55. The maximum atomic E-state index is 5.55. The van der Waals surface area contributed by atoms with Gasteiger partial charge in [-0.2, -0.15) is 11.8 Å². The fourth-order valence-corrected chi connectivity index (χ4v) is 5.50. The molecule has 28 heavy (non-hydrogen) atoms. The first-order valence-corrected chi connectivity index (χ1v) is 11.2. The molecule has 154 valence electrons. The molecule has 2 fully saturated rings. The predicted octanol–water partition coefficient (Wildman–Crippen LogP) is 1.33. The Bertz CT molecular complexity index is 688. The molecule has 3 aliphatic heterocycles. The second-order valence-corrected chi connectivity index (χ2v) is 8.52. The molecule has 0 spiro atoms. The van der Waals surface area contributed by atoms with Crippen molar-refractivity contribution in [3.8, 4) is 11.5 Å². The first-order chi connectivity index (χ1) is 13.8. The lowest BCUT2D eigenvalue weighted by atomic mass is 9.95. The Morgan fingerprint density at radius 3 is 2.86 bits per heavy atom. The van der Waals surface area contributed by atoms with Gasteiger partial charge in [-0.3, -0.25) is 9.89 Å². The average molecular weight is 407 g/mol. The van der Waals surface area contributed by atoms with Gasteiger partial charge in [-0.15, -0.1) is 0 Å².